The van der Waals surface area contributed by atoms with Gasteiger partial charge in [-0.3, -0.25) is 4.79 Å². The van der Waals surface area contributed by atoms with Crippen molar-refractivity contribution in [2.45, 2.75) is 6.92 Å². The predicted octanol–water partition coefficient (Wildman–Crippen LogP) is 1.50. The van der Waals surface area contributed by atoms with Crippen LogP contribution >= 0.6 is 0 Å². The maximum atomic E-state index is 11.6. The molecule has 0 aliphatic carbocycles. The predicted molar refractivity (Wildman–Crippen MR) is 65.7 cm³/mol. The largest absolute Gasteiger partial charge is 0.457 e. The summed E-state index contributed by atoms with van der Waals surface area (Å²) < 4.78 is 4.58. The molecule has 0 bridgehead atoms. The van der Waals surface area contributed by atoms with Crippen molar-refractivity contribution in [2.24, 2.45) is 0 Å². The molecule has 0 aromatic heterocycles. The van der Waals surface area contributed by atoms with Gasteiger partial charge in [0.1, 0.15) is 0 Å². The first-order chi connectivity index (χ1) is 8.69. The lowest BCUT2D eigenvalue weighted by Gasteiger charge is -1.94. The minimum atomic E-state index is -0.942. The highest BCUT2D eigenvalue weighted by Crippen LogP contribution is 2.01. The number of allylic oxidation sites excluding steroid dienone is 1. The molecule has 0 N–H and O–H groups in total. The van der Waals surface area contributed by atoms with E-state index in [-0.39, 0.29) is 6.61 Å². The van der Waals surface area contributed by atoms with Crippen LogP contribution in [0.2, 0.25) is 0 Å². The third-order valence-electron chi connectivity index (χ3n) is 2.03. The molecule has 0 unspecified atom stereocenters. The molecule has 0 amide bonds. The van der Waals surface area contributed by atoms with Crippen LogP contribution in [0, 0.1) is 0 Å². The fourth-order valence-electron chi connectivity index (χ4n) is 1.21. The van der Waals surface area contributed by atoms with Crippen LogP contribution in [0.15, 0.2) is 36.4 Å². The quantitative estimate of drug-likeness (QED) is 0.196. The van der Waals surface area contributed by atoms with Gasteiger partial charge in [0.25, 0.3) is 5.78 Å². The van der Waals surface area contributed by atoms with Crippen molar-refractivity contribution < 1.29 is 19.1 Å². The second-order valence-electron chi connectivity index (χ2n) is 3.28. The number of esters is 1. The summed E-state index contributed by atoms with van der Waals surface area (Å²) in [5.41, 5.74) is 8.79. The third-order valence-corrected chi connectivity index (χ3v) is 2.03. The number of benzene rings is 1. The SMILES string of the molecule is CCOC(=O)C(=[N+]=[N-])C(=O)/C=C/c1ccccc1. The van der Waals surface area contributed by atoms with Crippen LogP contribution in [0.5, 0.6) is 0 Å². The minimum Gasteiger partial charge on any atom is -0.457 e. The van der Waals surface area contributed by atoms with E-state index >= 15 is 0 Å². The lowest BCUT2D eigenvalue weighted by atomic mass is 10.1. The van der Waals surface area contributed by atoms with Crippen molar-refractivity contribution in [1.29, 1.82) is 0 Å². The number of carbonyl (C=O) groups excluding carboxylic acids is 2. The number of carbonyl (C=O) groups is 2. The summed E-state index contributed by atoms with van der Waals surface area (Å²) in [5.74, 6) is -1.65. The third kappa shape index (κ3) is 3.81. The van der Waals surface area contributed by atoms with Crippen LogP contribution in [0.4, 0.5) is 0 Å². The zero-order valence-electron chi connectivity index (χ0n) is 9.87. The van der Waals surface area contributed by atoms with E-state index < -0.39 is 17.5 Å². The average molecular weight is 244 g/mol. The smallest absolute Gasteiger partial charge is 0.445 e. The first kappa shape index (κ1) is 13.5. The molecule has 0 radical (unpaired) electrons. The molecule has 0 atom stereocenters. The Balaban J connectivity index is 2.79. The Morgan fingerprint density at radius 2 is 2.00 bits per heavy atom. The van der Waals surface area contributed by atoms with Gasteiger partial charge in [0.05, 0.1) is 6.61 Å². The number of nitrogens with zero attached hydrogens (tertiary/aromatic N) is 2. The summed E-state index contributed by atoms with van der Waals surface area (Å²) in [4.78, 5) is 25.5. The van der Waals surface area contributed by atoms with Gasteiger partial charge in [-0.1, -0.05) is 36.4 Å². The van der Waals surface area contributed by atoms with Crippen molar-refractivity contribution >= 4 is 23.5 Å². The van der Waals surface area contributed by atoms with E-state index in [1.54, 1.807) is 19.1 Å². The molecule has 0 fully saturated rings. The molecule has 1 aromatic rings. The van der Waals surface area contributed by atoms with Gasteiger partial charge in [0, 0.05) is 0 Å². The topological polar surface area (TPSA) is 79.8 Å². The number of hydrogen-bond acceptors (Lipinski definition) is 3. The molecule has 0 aliphatic heterocycles. The van der Waals surface area contributed by atoms with E-state index in [0.29, 0.717) is 0 Å². The Morgan fingerprint density at radius 1 is 1.33 bits per heavy atom. The zero-order valence-corrected chi connectivity index (χ0v) is 9.87. The Labute approximate surface area is 104 Å². The lowest BCUT2D eigenvalue weighted by molar-refractivity contribution is -0.141. The first-order valence-electron chi connectivity index (χ1n) is 5.35. The van der Waals surface area contributed by atoms with Gasteiger partial charge < -0.3 is 10.3 Å². The summed E-state index contributed by atoms with van der Waals surface area (Å²) in [5, 5.41) is 0. The monoisotopic (exact) mass is 244 g/mol. The summed E-state index contributed by atoms with van der Waals surface area (Å²) in [6, 6.07) is 9.07. The van der Waals surface area contributed by atoms with Gasteiger partial charge in [0.15, 0.2) is 0 Å². The summed E-state index contributed by atoms with van der Waals surface area (Å²) in [6.07, 6.45) is 2.67. The van der Waals surface area contributed by atoms with Crippen LogP contribution < -0.4 is 0 Å². The maximum absolute atomic E-state index is 11.6. The Kier molecular flexibility index (Phi) is 5.22. The van der Waals surface area contributed by atoms with Crippen molar-refractivity contribution in [2.75, 3.05) is 6.61 Å². The molecule has 5 nitrogen and oxygen atoms in total. The van der Waals surface area contributed by atoms with Crippen molar-refractivity contribution in [3.05, 3.63) is 47.5 Å². The van der Waals surface area contributed by atoms with E-state index in [2.05, 4.69) is 9.53 Å². The average Bonchev–Trinajstić information content (AvgIpc) is 2.39. The van der Waals surface area contributed by atoms with Crippen molar-refractivity contribution in [3.8, 4) is 0 Å². The Bertz CT molecular complexity index is 514. The molecule has 0 saturated heterocycles. The molecule has 0 heterocycles. The molecular formula is C13H12N2O3. The molecule has 0 saturated carbocycles. The zero-order chi connectivity index (χ0) is 13.4. The number of ether oxygens (including phenoxy) is 1. The molecule has 1 aromatic carbocycles. The standard InChI is InChI=1S/C13H12N2O3/c1-2-18-13(17)12(15-14)11(16)9-8-10-6-4-3-5-7-10/h3-9H,2H2,1H3/b9-8+. The highest BCUT2D eigenvalue weighted by molar-refractivity contribution is 6.64. The highest BCUT2D eigenvalue weighted by Gasteiger charge is 2.28. The van der Waals surface area contributed by atoms with E-state index in [0.717, 1.165) is 11.6 Å². The van der Waals surface area contributed by atoms with Crippen LogP contribution in [0.25, 0.3) is 11.6 Å². The summed E-state index contributed by atoms with van der Waals surface area (Å²) >= 11 is 0. The number of ketones is 1. The summed E-state index contributed by atoms with van der Waals surface area (Å²) in [6.45, 7) is 1.70. The van der Waals surface area contributed by atoms with E-state index in [9.17, 15) is 9.59 Å². The molecule has 5 heteroatoms. The van der Waals surface area contributed by atoms with Gasteiger partial charge >= 0.3 is 11.7 Å². The van der Waals surface area contributed by atoms with Crippen molar-refractivity contribution in [3.63, 3.8) is 0 Å². The molecule has 92 valence electrons. The van der Waals surface area contributed by atoms with Crippen LogP contribution in [-0.2, 0) is 14.3 Å². The number of hydrogen-bond donors (Lipinski definition) is 0. The van der Waals surface area contributed by atoms with E-state index in [4.69, 9.17) is 5.53 Å². The van der Waals surface area contributed by atoms with Crippen LogP contribution in [0.1, 0.15) is 12.5 Å². The van der Waals surface area contributed by atoms with Gasteiger partial charge in [-0.15, -0.1) is 0 Å². The molecule has 0 aliphatic rings. The lowest BCUT2D eigenvalue weighted by Crippen LogP contribution is -2.26. The molecule has 0 spiro atoms. The maximum Gasteiger partial charge on any atom is 0.445 e. The fraction of sp³-hybridized carbons (Fsp3) is 0.154. The van der Waals surface area contributed by atoms with Gasteiger partial charge in [0.2, 0.25) is 0 Å². The first-order valence-corrected chi connectivity index (χ1v) is 5.35. The minimum absolute atomic E-state index is 0.105. The Morgan fingerprint density at radius 3 is 2.56 bits per heavy atom. The number of rotatable bonds is 5. The highest BCUT2D eigenvalue weighted by atomic mass is 16.5. The normalized spacial score (nSPS) is 9.83. The van der Waals surface area contributed by atoms with E-state index in [1.165, 1.54) is 6.08 Å². The molecular weight excluding hydrogens is 232 g/mol. The summed E-state index contributed by atoms with van der Waals surface area (Å²) in [7, 11) is 0. The van der Waals surface area contributed by atoms with Crippen LogP contribution in [-0.4, -0.2) is 28.9 Å². The van der Waals surface area contributed by atoms with Gasteiger partial charge in [-0.2, -0.15) is 4.79 Å². The van der Waals surface area contributed by atoms with Crippen LogP contribution in [0.3, 0.4) is 0 Å². The molecule has 18 heavy (non-hydrogen) atoms. The fourth-order valence-corrected chi connectivity index (χ4v) is 1.21. The van der Waals surface area contributed by atoms with E-state index in [1.807, 2.05) is 18.2 Å². The van der Waals surface area contributed by atoms with Gasteiger partial charge in [-0.25, -0.2) is 4.79 Å². The van der Waals surface area contributed by atoms with Crippen molar-refractivity contribution in [1.82, 2.24) is 0 Å². The second kappa shape index (κ2) is 6.93. The van der Waals surface area contributed by atoms with Gasteiger partial charge in [-0.05, 0) is 18.6 Å². The second-order valence-corrected chi connectivity index (χ2v) is 3.28. The Hall–Kier alpha value is -2.52. The molecule has 1 rings (SSSR count).